The standard InChI is InChI=1S/C12H16FN3O2/c1-7(2)10-9(13)11(15-6-14-10)16-4-8(5-16)12(17)18-3/h6-8H,4-5H2,1-3H3. The molecule has 0 aromatic carbocycles. The van der Waals surface area contributed by atoms with Crippen molar-refractivity contribution in [1.82, 2.24) is 9.97 Å². The minimum absolute atomic E-state index is 0.00410. The summed E-state index contributed by atoms with van der Waals surface area (Å²) in [5.41, 5.74) is 0.404. The molecule has 0 unspecified atom stereocenters. The van der Waals surface area contributed by atoms with Crippen LogP contribution in [0.15, 0.2) is 6.33 Å². The number of rotatable bonds is 3. The lowest BCUT2D eigenvalue weighted by molar-refractivity contribution is -0.146. The molecular weight excluding hydrogens is 237 g/mol. The summed E-state index contributed by atoms with van der Waals surface area (Å²) in [6, 6.07) is 0. The number of hydrogen-bond donors (Lipinski definition) is 0. The Kier molecular flexibility index (Phi) is 3.45. The number of hydrogen-bond acceptors (Lipinski definition) is 5. The first-order valence-electron chi connectivity index (χ1n) is 5.87. The fraction of sp³-hybridized carbons (Fsp3) is 0.583. The highest BCUT2D eigenvalue weighted by Crippen LogP contribution is 2.28. The zero-order chi connectivity index (χ0) is 13.3. The second-order valence-electron chi connectivity index (χ2n) is 4.68. The molecule has 0 bridgehead atoms. The Bertz CT molecular complexity index is 459. The predicted molar refractivity (Wildman–Crippen MR) is 63.8 cm³/mol. The van der Waals surface area contributed by atoms with Gasteiger partial charge in [0.15, 0.2) is 11.6 Å². The van der Waals surface area contributed by atoms with Gasteiger partial charge >= 0.3 is 5.97 Å². The lowest BCUT2D eigenvalue weighted by Gasteiger charge is -2.38. The zero-order valence-electron chi connectivity index (χ0n) is 10.7. The van der Waals surface area contributed by atoms with Crippen LogP contribution in [0, 0.1) is 11.7 Å². The molecule has 6 heteroatoms. The zero-order valence-corrected chi connectivity index (χ0v) is 10.7. The highest BCUT2D eigenvalue weighted by atomic mass is 19.1. The Morgan fingerprint density at radius 2 is 2.17 bits per heavy atom. The molecule has 18 heavy (non-hydrogen) atoms. The molecule has 2 heterocycles. The highest BCUT2D eigenvalue weighted by Gasteiger charge is 2.36. The monoisotopic (exact) mass is 253 g/mol. The van der Waals surface area contributed by atoms with Crippen LogP contribution in [-0.4, -0.2) is 36.1 Å². The van der Waals surface area contributed by atoms with Crippen molar-refractivity contribution < 1.29 is 13.9 Å². The van der Waals surface area contributed by atoms with Crippen molar-refractivity contribution >= 4 is 11.8 Å². The molecule has 98 valence electrons. The molecule has 2 rings (SSSR count). The number of halogens is 1. The van der Waals surface area contributed by atoms with Crippen LogP contribution >= 0.6 is 0 Å². The average molecular weight is 253 g/mol. The number of carbonyl (C=O) groups is 1. The maximum absolute atomic E-state index is 14.1. The third-order valence-electron chi connectivity index (χ3n) is 3.06. The summed E-state index contributed by atoms with van der Waals surface area (Å²) in [6.07, 6.45) is 1.36. The number of nitrogens with zero attached hydrogens (tertiary/aromatic N) is 3. The fourth-order valence-corrected chi connectivity index (χ4v) is 1.96. The Morgan fingerprint density at radius 3 is 2.72 bits per heavy atom. The minimum atomic E-state index is -0.393. The van der Waals surface area contributed by atoms with Gasteiger partial charge < -0.3 is 9.64 Å². The van der Waals surface area contributed by atoms with E-state index in [2.05, 4.69) is 14.7 Å². The molecule has 1 saturated heterocycles. The Labute approximate surface area is 105 Å². The van der Waals surface area contributed by atoms with E-state index in [9.17, 15) is 9.18 Å². The van der Waals surface area contributed by atoms with Crippen molar-refractivity contribution in [2.75, 3.05) is 25.1 Å². The highest BCUT2D eigenvalue weighted by molar-refractivity contribution is 5.76. The molecule has 0 aliphatic carbocycles. The number of esters is 1. The van der Waals surface area contributed by atoms with Gasteiger partial charge in [-0.1, -0.05) is 13.8 Å². The van der Waals surface area contributed by atoms with E-state index in [0.717, 1.165) is 0 Å². The van der Waals surface area contributed by atoms with Crippen LogP contribution in [0.4, 0.5) is 10.2 Å². The molecule has 1 aromatic rings. The van der Waals surface area contributed by atoms with E-state index in [4.69, 9.17) is 0 Å². The Morgan fingerprint density at radius 1 is 1.50 bits per heavy atom. The van der Waals surface area contributed by atoms with Crippen molar-refractivity contribution in [3.05, 3.63) is 17.8 Å². The molecule has 5 nitrogen and oxygen atoms in total. The second-order valence-corrected chi connectivity index (χ2v) is 4.68. The van der Waals surface area contributed by atoms with Gasteiger partial charge in [0, 0.05) is 13.1 Å². The van der Waals surface area contributed by atoms with E-state index >= 15 is 0 Å². The largest absolute Gasteiger partial charge is 0.469 e. The number of ether oxygens (including phenoxy) is 1. The van der Waals surface area contributed by atoms with Gasteiger partial charge in [0.1, 0.15) is 6.33 Å². The maximum Gasteiger partial charge on any atom is 0.312 e. The van der Waals surface area contributed by atoms with Gasteiger partial charge in [0.25, 0.3) is 0 Å². The van der Waals surface area contributed by atoms with Crippen LogP contribution in [0.3, 0.4) is 0 Å². The van der Waals surface area contributed by atoms with E-state index < -0.39 is 5.82 Å². The normalized spacial score (nSPS) is 15.7. The summed E-state index contributed by atoms with van der Waals surface area (Å²) in [6.45, 7) is 4.64. The van der Waals surface area contributed by atoms with Crippen molar-refractivity contribution in [2.24, 2.45) is 5.92 Å². The maximum atomic E-state index is 14.1. The van der Waals surface area contributed by atoms with E-state index in [0.29, 0.717) is 18.8 Å². The van der Waals surface area contributed by atoms with E-state index in [1.54, 1.807) is 4.90 Å². The van der Waals surface area contributed by atoms with E-state index in [1.807, 2.05) is 13.8 Å². The van der Waals surface area contributed by atoms with E-state index in [-0.39, 0.29) is 23.6 Å². The topological polar surface area (TPSA) is 55.3 Å². The van der Waals surface area contributed by atoms with Crippen LogP contribution in [0.1, 0.15) is 25.5 Å². The third kappa shape index (κ3) is 2.14. The number of anilines is 1. The van der Waals surface area contributed by atoms with E-state index in [1.165, 1.54) is 13.4 Å². The average Bonchev–Trinajstić information content (AvgIpc) is 2.28. The van der Waals surface area contributed by atoms with Crippen LogP contribution in [-0.2, 0) is 9.53 Å². The number of aromatic nitrogens is 2. The smallest absolute Gasteiger partial charge is 0.312 e. The Hall–Kier alpha value is -1.72. The summed E-state index contributed by atoms with van der Waals surface area (Å²) in [5.74, 6) is -0.564. The molecule has 1 aliphatic heterocycles. The SMILES string of the molecule is COC(=O)C1CN(c2ncnc(C(C)C)c2F)C1. The van der Waals surface area contributed by atoms with Gasteiger partial charge in [-0.3, -0.25) is 4.79 Å². The lowest BCUT2D eigenvalue weighted by Crippen LogP contribution is -2.51. The second kappa shape index (κ2) is 4.88. The van der Waals surface area contributed by atoms with Crippen molar-refractivity contribution in [3.8, 4) is 0 Å². The molecule has 1 aromatic heterocycles. The van der Waals surface area contributed by atoms with Gasteiger partial charge in [0.2, 0.25) is 0 Å². The number of methoxy groups -OCH3 is 1. The molecule has 0 radical (unpaired) electrons. The first-order valence-corrected chi connectivity index (χ1v) is 5.87. The first kappa shape index (κ1) is 12.7. The summed E-state index contributed by atoms with van der Waals surface area (Å²) in [4.78, 5) is 20.9. The minimum Gasteiger partial charge on any atom is -0.469 e. The first-order chi connectivity index (χ1) is 8.54. The molecular formula is C12H16FN3O2. The van der Waals surface area contributed by atoms with Gasteiger partial charge in [-0.15, -0.1) is 0 Å². The van der Waals surface area contributed by atoms with Crippen LogP contribution in [0.2, 0.25) is 0 Å². The molecule has 1 aliphatic rings. The Balaban J connectivity index is 2.12. The molecule has 0 atom stereocenters. The van der Waals surface area contributed by atoms with Crippen LogP contribution in [0.25, 0.3) is 0 Å². The quantitative estimate of drug-likeness (QED) is 0.761. The third-order valence-corrected chi connectivity index (χ3v) is 3.06. The fourth-order valence-electron chi connectivity index (χ4n) is 1.96. The summed E-state index contributed by atoms with van der Waals surface area (Å²) >= 11 is 0. The molecule has 1 fully saturated rings. The lowest BCUT2D eigenvalue weighted by atomic mass is 10.00. The van der Waals surface area contributed by atoms with Crippen molar-refractivity contribution in [2.45, 2.75) is 19.8 Å². The van der Waals surface area contributed by atoms with Gasteiger partial charge in [-0.2, -0.15) is 0 Å². The molecule has 0 amide bonds. The summed E-state index contributed by atoms with van der Waals surface area (Å²) in [5, 5.41) is 0. The molecule has 0 saturated carbocycles. The van der Waals surface area contributed by atoms with Crippen LogP contribution < -0.4 is 4.90 Å². The van der Waals surface area contributed by atoms with Crippen molar-refractivity contribution in [3.63, 3.8) is 0 Å². The van der Waals surface area contributed by atoms with Gasteiger partial charge in [0.05, 0.1) is 18.7 Å². The predicted octanol–water partition coefficient (Wildman–Crippen LogP) is 1.35. The van der Waals surface area contributed by atoms with Gasteiger partial charge in [-0.05, 0) is 5.92 Å². The molecule has 0 spiro atoms. The van der Waals surface area contributed by atoms with Crippen LogP contribution in [0.5, 0.6) is 0 Å². The van der Waals surface area contributed by atoms with Crippen molar-refractivity contribution in [1.29, 1.82) is 0 Å². The van der Waals surface area contributed by atoms with Gasteiger partial charge in [-0.25, -0.2) is 14.4 Å². The summed E-state index contributed by atoms with van der Waals surface area (Å²) in [7, 11) is 1.35. The number of carbonyl (C=O) groups excluding carboxylic acids is 1. The summed E-state index contributed by atoms with van der Waals surface area (Å²) < 4.78 is 18.8. The molecule has 0 N–H and O–H groups in total.